The minimum absolute atomic E-state index is 0.428. The normalized spacial score (nSPS) is 18.3. The van der Waals surface area contributed by atoms with Crippen LogP contribution in [-0.2, 0) is 0 Å². The maximum atomic E-state index is 5.83. The maximum absolute atomic E-state index is 5.83. The number of nitrogens with zero attached hydrogens (tertiary/aromatic N) is 1. The van der Waals surface area contributed by atoms with Gasteiger partial charge in [-0.05, 0) is 31.2 Å². The van der Waals surface area contributed by atoms with Gasteiger partial charge in [-0.3, -0.25) is 4.90 Å². The van der Waals surface area contributed by atoms with E-state index in [0.717, 1.165) is 18.9 Å². The van der Waals surface area contributed by atoms with Gasteiger partial charge in [0.25, 0.3) is 0 Å². The summed E-state index contributed by atoms with van der Waals surface area (Å²) in [5.74, 6) is 0.997. The predicted molar refractivity (Wildman–Crippen MR) is 89.8 cm³/mol. The first kappa shape index (κ1) is 16.1. The van der Waals surface area contributed by atoms with E-state index >= 15 is 0 Å². The number of benzene rings is 1. The van der Waals surface area contributed by atoms with Crippen LogP contribution >= 0.6 is 0 Å². The van der Waals surface area contributed by atoms with Crippen LogP contribution in [-0.4, -0.2) is 25.1 Å². The fourth-order valence-corrected chi connectivity index (χ4v) is 2.82. The molecule has 0 spiro atoms. The summed E-state index contributed by atoms with van der Waals surface area (Å²) in [4.78, 5) is 2.34. The topological polar surface area (TPSA) is 12.5 Å². The van der Waals surface area contributed by atoms with Crippen LogP contribution in [0.15, 0.2) is 36.4 Å². The minimum Gasteiger partial charge on any atom is -0.494 e. The van der Waals surface area contributed by atoms with Crippen LogP contribution in [0.5, 0.6) is 5.75 Å². The molecule has 0 bridgehead atoms. The summed E-state index contributed by atoms with van der Waals surface area (Å²) < 4.78 is 5.83. The number of ether oxygens (including phenoxy) is 1. The van der Waals surface area contributed by atoms with Crippen molar-refractivity contribution >= 4 is 0 Å². The highest BCUT2D eigenvalue weighted by molar-refractivity contribution is 5.32. The van der Waals surface area contributed by atoms with Crippen LogP contribution in [0.4, 0.5) is 0 Å². The van der Waals surface area contributed by atoms with Crippen LogP contribution in [0.2, 0.25) is 0 Å². The number of rotatable bonds is 9. The van der Waals surface area contributed by atoms with Gasteiger partial charge in [0.2, 0.25) is 0 Å². The molecule has 0 aliphatic carbocycles. The van der Waals surface area contributed by atoms with Gasteiger partial charge in [-0.15, -0.1) is 0 Å². The third-order valence-corrected chi connectivity index (χ3v) is 4.17. The molecular formula is C19H29NO. The van der Waals surface area contributed by atoms with E-state index < -0.39 is 0 Å². The fourth-order valence-electron chi connectivity index (χ4n) is 2.82. The molecule has 0 saturated heterocycles. The molecule has 0 N–H and O–H groups in total. The number of likely N-dealkylation sites (N-methyl/N-ethyl adjacent to an activating group) is 1. The molecule has 116 valence electrons. The lowest BCUT2D eigenvalue weighted by Gasteiger charge is -2.19. The number of unbranched alkanes of at least 4 members (excludes halogenated alkanes) is 5. The smallest absolute Gasteiger partial charge is 0.119 e. The van der Waals surface area contributed by atoms with Gasteiger partial charge in [0.1, 0.15) is 5.75 Å². The second-order valence-corrected chi connectivity index (χ2v) is 6.00. The van der Waals surface area contributed by atoms with Crippen molar-refractivity contribution in [3.63, 3.8) is 0 Å². The predicted octanol–water partition coefficient (Wildman–Crippen LogP) is 4.97. The second-order valence-electron chi connectivity index (χ2n) is 6.00. The van der Waals surface area contributed by atoms with Gasteiger partial charge in [0.05, 0.1) is 12.6 Å². The van der Waals surface area contributed by atoms with Gasteiger partial charge in [0.15, 0.2) is 0 Å². The lowest BCUT2D eigenvalue weighted by atomic mass is 10.1. The zero-order chi connectivity index (χ0) is 14.9. The fraction of sp³-hybridized carbons (Fsp3) is 0.579. The first-order valence-corrected chi connectivity index (χ1v) is 8.41. The molecule has 21 heavy (non-hydrogen) atoms. The molecule has 2 nitrogen and oxygen atoms in total. The summed E-state index contributed by atoms with van der Waals surface area (Å²) in [7, 11) is 2.16. The summed E-state index contributed by atoms with van der Waals surface area (Å²) in [6.45, 7) is 4.14. The Morgan fingerprint density at radius 1 is 1.05 bits per heavy atom. The van der Waals surface area contributed by atoms with E-state index in [9.17, 15) is 0 Å². The molecular weight excluding hydrogens is 258 g/mol. The Balaban J connectivity index is 1.67. The van der Waals surface area contributed by atoms with Gasteiger partial charge in [-0.1, -0.05) is 63.3 Å². The summed E-state index contributed by atoms with van der Waals surface area (Å²) in [5, 5.41) is 0. The zero-order valence-electron chi connectivity index (χ0n) is 13.6. The Hall–Kier alpha value is -1.28. The monoisotopic (exact) mass is 287 g/mol. The number of hydrogen-bond acceptors (Lipinski definition) is 2. The summed E-state index contributed by atoms with van der Waals surface area (Å²) >= 11 is 0. The van der Waals surface area contributed by atoms with Crippen LogP contribution in [0.3, 0.4) is 0 Å². The van der Waals surface area contributed by atoms with Crippen LogP contribution in [0.1, 0.15) is 57.1 Å². The van der Waals surface area contributed by atoms with Crippen molar-refractivity contribution in [3.8, 4) is 5.75 Å². The highest BCUT2D eigenvalue weighted by Crippen LogP contribution is 2.26. The standard InChI is InChI=1S/C19H29NO/c1-3-4-5-6-7-8-16-21-18-13-11-17(12-14-18)19-10-9-15-20(19)2/h9-14,19H,3-8,15-16H2,1-2H3. The van der Waals surface area contributed by atoms with Crippen molar-refractivity contribution in [2.45, 2.75) is 51.5 Å². The third-order valence-electron chi connectivity index (χ3n) is 4.17. The van der Waals surface area contributed by atoms with E-state index in [0.29, 0.717) is 6.04 Å². The van der Waals surface area contributed by atoms with Gasteiger partial charge in [0, 0.05) is 6.54 Å². The molecule has 1 aliphatic heterocycles. The molecule has 1 unspecified atom stereocenters. The van der Waals surface area contributed by atoms with Crippen molar-refractivity contribution in [3.05, 3.63) is 42.0 Å². The first-order chi connectivity index (χ1) is 10.3. The average molecular weight is 287 g/mol. The molecule has 0 radical (unpaired) electrons. The van der Waals surface area contributed by atoms with E-state index in [1.165, 1.54) is 44.1 Å². The van der Waals surface area contributed by atoms with Gasteiger partial charge < -0.3 is 4.74 Å². The van der Waals surface area contributed by atoms with Crippen molar-refractivity contribution in [2.75, 3.05) is 20.2 Å². The molecule has 1 aliphatic rings. The van der Waals surface area contributed by atoms with E-state index in [1.54, 1.807) is 0 Å². The molecule has 2 heteroatoms. The van der Waals surface area contributed by atoms with Crippen LogP contribution in [0, 0.1) is 0 Å². The van der Waals surface area contributed by atoms with E-state index in [4.69, 9.17) is 4.74 Å². The van der Waals surface area contributed by atoms with Gasteiger partial charge in [-0.2, -0.15) is 0 Å². The molecule has 2 rings (SSSR count). The quantitative estimate of drug-likeness (QED) is 0.470. The van der Waals surface area contributed by atoms with Crippen molar-refractivity contribution in [1.29, 1.82) is 0 Å². The maximum Gasteiger partial charge on any atom is 0.119 e. The molecule has 0 saturated carbocycles. The molecule has 1 atom stereocenters. The third kappa shape index (κ3) is 5.20. The van der Waals surface area contributed by atoms with Crippen LogP contribution in [0.25, 0.3) is 0 Å². The molecule has 1 aromatic rings. The number of hydrogen-bond donors (Lipinski definition) is 0. The Morgan fingerprint density at radius 2 is 1.76 bits per heavy atom. The molecule has 0 amide bonds. The lowest BCUT2D eigenvalue weighted by Crippen LogP contribution is -2.18. The Kier molecular flexibility index (Phi) is 6.81. The first-order valence-electron chi connectivity index (χ1n) is 8.41. The summed E-state index contributed by atoms with van der Waals surface area (Å²) in [5.41, 5.74) is 1.35. The van der Waals surface area contributed by atoms with Crippen molar-refractivity contribution in [1.82, 2.24) is 4.90 Å². The van der Waals surface area contributed by atoms with E-state index in [1.807, 2.05) is 0 Å². The van der Waals surface area contributed by atoms with Crippen molar-refractivity contribution in [2.24, 2.45) is 0 Å². The Bertz CT molecular complexity index is 424. The Labute approximate surface area is 129 Å². The van der Waals surface area contributed by atoms with E-state index in [-0.39, 0.29) is 0 Å². The zero-order valence-corrected chi connectivity index (χ0v) is 13.6. The molecule has 1 heterocycles. The highest BCUT2D eigenvalue weighted by Gasteiger charge is 2.16. The van der Waals surface area contributed by atoms with Crippen LogP contribution < -0.4 is 4.74 Å². The summed E-state index contributed by atoms with van der Waals surface area (Å²) in [6.07, 6.45) is 12.3. The largest absolute Gasteiger partial charge is 0.494 e. The van der Waals surface area contributed by atoms with Gasteiger partial charge >= 0.3 is 0 Å². The Morgan fingerprint density at radius 3 is 2.43 bits per heavy atom. The van der Waals surface area contributed by atoms with Crippen molar-refractivity contribution < 1.29 is 4.74 Å². The SMILES string of the molecule is CCCCCCCCOc1ccc(C2C=CCN2C)cc1. The van der Waals surface area contributed by atoms with E-state index in [2.05, 4.69) is 55.3 Å². The molecule has 1 aromatic carbocycles. The molecule has 0 aromatic heterocycles. The average Bonchev–Trinajstić information content (AvgIpc) is 2.93. The van der Waals surface area contributed by atoms with Gasteiger partial charge in [-0.25, -0.2) is 0 Å². The summed E-state index contributed by atoms with van der Waals surface area (Å²) in [6, 6.07) is 9.01. The second kappa shape index (κ2) is 8.89. The lowest BCUT2D eigenvalue weighted by molar-refractivity contribution is 0.303. The minimum atomic E-state index is 0.428. The molecule has 0 fully saturated rings. The highest BCUT2D eigenvalue weighted by atomic mass is 16.5.